The van der Waals surface area contributed by atoms with Crippen molar-refractivity contribution in [3.63, 3.8) is 0 Å². The maximum Gasteiger partial charge on any atom is 0.261 e. The van der Waals surface area contributed by atoms with Gasteiger partial charge in [0.15, 0.2) is 6.61 Å². The van der Waals surface area contributed by atoms with Crippen LogP contribution in [-0.4, -0.2) is 35.4 Å². The van der Waals surface area contributed by atoms with Gasteiger partial charge in [-0.25, -0.2) is 0 Å². The van der Waals surface area contributed by atoms with Crippen LogP contribution in [0.1, 0.15) is 43.2 Å². The molecule has 0 saturated heterocycles. The van der Waals surface area contributed by atoms with E-state index in [2.05, 4.69) is 5.32 Å². The zero-order valence-electron chi connectivity index (χ0n) is 20.7. The molecule has 5 nitrogen and oxygen atoms in total. The second kappa shape index (κ2) is 13.5. The number of benzene rings is 3. The van der Waals surface area contributed by atoms with Crippen molar-refractivity contribution in [2.45, 2.75) is 57.2 Å². The normalized spacial score (nSPS) is 14.5. The minimum atomic E-state index is -0.693. The van der Waals surface area contributed by atoms with Crippen LogP contribution in [-0.2, 0) is 22.6 Å². The first-order valence-electron chi connectivity index (χ1n) is 12.7. The Hall–Kier alpha value is -3.02. The van der Waals surface area contributed by atoms with Crippen molar-refractivity contribution in [2.75, 3.05) is 6.61 Å². The lowest BCUT2D eigenvalue weighted by Crippen LogP contribution is -2.53. The Morgan fingerprint density at radius 2 is 1.54 bits per heavy atom. The molecular weight excluding hydrogens is 507 g/mol. The molecular formula is C30H32Cl2N2O3. The Morgan fingerprint density at radius 3 is 2.19 bits per heavy atom. The molecule has 1 saturated carbocycles. The van der Waals surface area contributed by atoms with Crippen molar-refractivity contribution >= 4 is 35.0 Å². The van der Waals surface area contributed by atoms with E-state index < -0.39 is 6.04 Å². The number of nitrogens with one attached hydrogen (secondary N) is 1. The molecule has 0 aromatic heterocycles. The van der Waals surface area contributed by atoms with Gasteiger partial charge < -0.3 is 15.0 Å². The molecule has 1 aliphatic carbocycles. The number of amides is 2. The zero-order valence-corrected chi connectivity index (χ0v) is 22.3. The summed E-state index contributed by atoms with van der Waals surface area (Å²) < 4.78 is 5.79. The first-order valence-corrected chi connectivity index (χ1v) is 13.5. The standard InChI is InChI=1S/C30H32Cl2N2O3/c31-24-16-17-28(26(32)19-24)37-21-29(35)34(20-23-12-6-2-7-13-23)27(18-22-10-4-1-5-11-22)30(36)33-25-14-8-3-9-15-25/h1-2,4-7,10-13,16-17,19,25,27H,3,8-9,14-15,18,20-21H2,(H,33,36)/t27-/m1/s1. The summed E-state index contributed by atoms with van der Waals surface area (Å²) in [6.07, 6.45) is 5.75. The molecule has 1 aliphatic rings. The van der Waals surface area contributed by atoms with Crippen LogP contribution in [0.15, 0.2) is 78.9 Å². The Morgan fingerprint density at radius 1 is 0.892 bits per heavy atom. The van der Waals surface area contributed by atoms with Gasteiger partial charge in [-0.1, -0.05) is 103 Å². The average molecular weight is 540 g/mol. The van der Waals surface area contributed by atoms with E-state index in [4.69, 9.17) is 27.9 Å². The van der Waals surface area contributed by atoms with Crippen LogP contribution in [0.2, 0.25) is 10.0 Å². The van der Waals surface area contributed by atoms with Gasteiger partial charge in [0.1, 0.15) is 11.8 Å². The van der Waals surface area contributed by atoms with E-state index in [-0.39, 0.29) is 31.0 Å². The largest absolute Gasteiger partial charge is 0.482 e. The van der Waals surface area contributed by atoms with Crippen LogP contribution in [0.5, 0.6) is 5.75 Å². The van der Waals surface area contributed by atoms with E-state index in [1.165, 1.54) is 6.42 Å². The van der Waals surface area contributed by atoms with Gasteiger partial charge in [-0.3, -0.25) is 9.59 Å². The zero-order chi connectivity index (χ0) is 26.0. The lowest BCUT2D eigenvalue weighted by Gasteiger charge is -2.33. The van der Waals surface area contributed by atoms with Crippen LogP contribution in [0.4, 0.5) is 0 Å². The van der Waals surface area contributed by atoms with E-state index >= 15 is 0 Å². The minimum absolute atomic E-state index is 0.135. The predicted molar refractivity (Wildman–Crippen MR) is 148 cm³/mol. The van der Waals surface area contributed by atoms with E-state index in [1.54, 1.807) is 23.1 Å². The monoisotopic (exact) mass is 538 g/mol. The van der Waals surface area contributed by atoms with Gasteiger partial charge in [0, 0.05) is 24.0 Å². The second-order valence-electron chi connectivity index (χ2n) is 9.42. The molecule has 1 fully saturated rings. The van der Waals surface area contributed by atoms with Gasteiger partial charge in [-0.2, -0.15) is 0 Å². The summed E-state index contributed by atoms with van der Waals surface area (Å²) in [6.45, 7) is 0.0309. The quantitative estimate of drug-likeness (QED) is 0.322. The van der Waals surface area contributed by atoms with E-state index in [0.29, 0.717) is 22.2 Å². The highest BCUT2D eigenvalue weighted by Gasteiger charge is 2.32. The fraction of sp³-hybridized carbons (Fsp3) is 0.333. The van der Waals surface area contributed by atoms with Gasteiger partial charge in [0.2, 0.25) is 5.91 Å². The number of nitrogens with zero attached hydrogens (tertiary/aromatic N) is 1. The third-order valence-electron chi connectivity index (χ3n) is 6.66. The maximum atomic E-state index is 13.7. The Bertz CT molecular complexity index is 1170. The molecule has 1 atom stereocenters. The predicted octanol–water partition coefficient (Wildman–Crippen LogP) is 6.46. The van der Waals surface area contributed by atoms with Gasteiger partial charge in [0.05, 0.1) is 5.02 Å². The number of hydrogen-bond donors (Lipinski definition) is 1. The molecule has 3 aromatic rings. The number of ether oxygens (including phenoxy) is 1. The Kier molecular flexibility index (Phi) is 9.86. The first kappa shape index (κ1) is 27.0. The molecule has 0 aliphatic heterocycles. The summed E-state index contributed by atoms with van der Waals surface area (Å²) in [5.74, 6) is -0.0653. The van der Waals surface area contributed by atoms with Gasteiger partial charge in [-0.15, -0.1) is 0 Å². The fourth-order valence-electron chi connectivity index (χ4n) is 4.69. The van der Waals surface area contributed by atoms with Crippen LogP contribution < -0.4 is 10.1 Å². The van der Waals surface area contributed by atoms with Crippen molar-refractivity contribution in [1.82, 2.24) is 10.2 Å². The van der Waals surface area contributed by atoms with E-state index in [0.717, 1.165) is 36.8 Å². The summed E-state index contributed by atoms with van der Waals surface area (Å²) in [5.41, 5.74) is 1.92. The Balaban J connectivity index is 1.60. The summed E-state index contributed by atoms with van der Waals surface area (Å²) in [4.78, 5) is 29.0. The van der Waals surface area contributed by atoms with Crippen LogP contribution in [0.25, 0.3) is 0 Å². The molecule has 194 valence electrons. The summed E-state index contributed by atoms with van der Waals surface area (Å²) >= 11 is 12.2. The fourth-order valence-corrected chi connectivity index (χ4v) is 5.16. The molecule has 0 spiro atoms. The lowest BCUT2D eigenvalue weighted by molar-refractivity contribution is -0.143. The molecule has 1 N–H and O–H groups in total. The third kappa shape index (κ3) is 7.98. The number of rotatable bonds is 10. The van der Waals surface area contributed by atoms with Crippen LogP contribution in [0.3, 0.4) is 0 Å². The van der Waals surface area contributed by atoms with E-state index in [1.807, 2.05) is 60.7 Å². The number of carbonyl (C=O) groups excluding carboxylic acids is 2. The highest BCUT2D eigenvalue weighted by atomic mass is 35.5. The molecule has 37 heavy (non-hydrogen) atoms. The molecule has 7 heteroatoms. The van der Waals surface area contributed by atoms with Gasteiger partial charge >= 0.3 is 0 Å². The lowest BCUT2D eigenvalue weighted by atomic mass is 9.94. The summed E-state index contributed by atoms with van der Waals surface area (Å²) in [6, 6.07) is 23.8. The maximum absolute atomic E-state index is 13.7. The summed E-state index contributed by atoms with van der Waals surface area (Å²) in [5, 5.41) is 4.05. The van der Waals surface area contributed by atoms with Crippen molar-refractivity contribution in [3.8, 4) is 5.75 Å². The Labute approximate surface area is 228 Å². The second-order valence-corrected chi connectivity index (χ2v) is 10.3. The third-order valence-corrected chi connectivity index (χ3v) is 7.19. The highest BCUT2D eigenvalue weighted by molar-refractivity contribution is 6.35. The molecule has 2 amide bonds. The van der Waals surface area contributed by atoms with Crippen LogP contribution >= 0.6 is 23.2 Å². The molecule has 0 bridgehead atoms. The van der Waals surface area contributed by atoms with Crippen molar-refractivity contribution < 1.29 is 14.3 Å². The van der Waals surface area contributed by atoms with Crippen molar-refractivity contribution in [2.24, 2.45) is 0 Å². The van der Waals surface area contributed by atoms with Crippen molar-refractivity contribution in [3.05, 3.63) is 100 Å². The minimum Gasteiger partial charge on any atom is -0.482 e. The SMILES string of the molecule is O=C(NC1CCCCC1)[C@@H](Cc1ccccc1)N(Cc1ccccc1)C(=O)COc1ccc(Cl)cc1Cl. The van der Waals surface area contributed by atoms with Gasteiger partial charge in [0.25, 0.3) is 5.91 Å². The molecule has 3 aromatic carbocycles. The summed E-state index contributed by atoms with van der Waals surface area (Å²) in [7, 11) is 0. The molecule has 0 heterocycles. The average Bonchev–Trinajstić information content (AvgIpc) is 2.91. The van der Waals surface area contributed by atoms with Crippen molar-refractivity contribution in [1.29, 1.82) is 0 Å². The number of hydrogen-bond acceptors (Lipinski definition) is 3. The number of carbonyl (C=O) groups is 2. The van der Waals surface area contributed by atoms with E-state index in [9.17, 15) is 9.59 Å². The van der Waals surface area contributed by atoms with Crippen LogP contribution in [0, 0.1) is 0 Å². The molecule has 0 unspecified atom stereocenters. The first-order chi connectivity index (χ1) is 18.0. The number of halogens is 2. The molecule has 0 radical (unpaired) electrons. The molecule has 4 rings (SSSR count). The van der Waals surface area contributed by atoms with Gasteiger partial charge in [-0.05, 0) is 42.2 Å². The smallest absolute Gasteiger partial charge is 0.261 e. The highest BCUT2D eigenvalue weighted by Crippen LogP contribution is 2.28. The topological polar surface area (TPSA) is 58.6 Å².